The van der Waals surface area contributed by atoms with Crippen molar-refractivity contribution in [1.82, 2.24) is 4.98 Å². The van der Waals surface area contributed by atoms with Crippen molar-refractivity contribution in [2.24, 2.45) is 0 Å². The zero-order chi connectivity index (χ0) is 12.7. The van der Waals surface area contributed by atoms with Crippen LogP contribution in [0.3, 0.4) is 0 Å². The van der Waals surface area contributed by atoms with E-state index in [2.05, 4.69) is 20.9 Å². The Balaban J connectivity index is 2.12. The normalized spacial score (nSPS) is 11.0. The Bertz CT molecular complexity index is 741. The minimum Gasteiger partial charge on any atom is -0.360 e. The molecule has 0 aliphatic heterocycles. The lowest BCUT2D eigenvalue weighted by Gasteiger charge is -1.96. The summed E-state index contributed by atoms with van der Waals surface area (Å²) in [6, 6.07) is 9.76. The first-order valence-electron chi connectivity index (χ1n) is 5.53. The monoisotopic (exact) mass is 319 g/mol. The Kier molecular flexibility index (Phi) is 2.84. The molecule has 0 radical (unpaired) electrons. The van der Waals surface area contributed by atoms with Crippen LogP contribution in [0.1, 0.15) is 20.1 Å². The Morgan fingerprint density at radius 3 is 2.83 bits per heavy atom. The van der Waals surface area contributed by atoms with E-state index in [9.17, 15) is 4.79 Å². The number of H-pyrrole nitrogens is 1. The summed E-state index contributed by atoms with van der Waals surface area (Å²) in [5.74, 6) is 0.0849. The van der Waals surface area contributed by atoms with Gasteiger partial charge in [-0.25, -0.2) is 0 Å². The summed E-state index contributed by atoms with van der Waals surface area (Å²) < 4.78 is 1.00. The molecule has 0 amide bonds. The first-order chi connectivity index (χ1) is 8.65. The zero-order valence-corrected chi connectivity index (χ0v) is 12.1. The number of hydrogen-bond acceptors (Lipinski definition) is 2. The number of rotatable bonds is 2. The van der Waals surface area contributed by atoms with Crippen LogP contribution in [0.5, 0.6) is 0 Å². The van der Waals surface area contributed by atoms with Crippen LogP contribution in [0, 0.1) is 6.92 Å². The van der Waals surface area contributed by atoms with E-state index in [0.717, 1.165) is 30.7 Å². The van der Waals surface area contributed by atoms with Gasteiger partial charge < -0.3 is 4.98 Å². The van der Waals surface area contributed by atoms with Crippen LogP contribution >= 0.6 is 27.3 Å². The second-order valence-corrected chi connectivity index (χ2v) is 6.34. The highest BCUT2D eigenvalue weighted by Gasteiger charge is 2.15. The smallest absolute Gasteiger partial charge is 0.205 e. The summed E-state index contributed by atoms with van der Waals surface area (Å²) >= 11 is 4.96. The van der Waals surface area contributed by atoms with E-state index < -0.39 is 0 Å². The molecule has 0 bridgehead atoms. The highest BCUT2D eigenvalue weighted by Crippen LogP contribution is 2.26. The third kappa shape index (κ3) is 1.91. The fourth-order valence-corrected chi connectivity index (χ4v) is 3.16. The van der Waals surface area contributed by atoms with Crippen molar-refractivity contribution < 1.29 is 4.79 Å². The molecule has 0 unspecified atom stereocenters. The van der Waals surface area contributed by atoms with E-state index in [1.165, 1.54) is 11.3 Å². The largest absolute Gasteiger partial charge is 0.360 e. The Morgan fingerprint density at radius 2 is 2.11 bits per heavy atom. The standard InChI is InChI=1S/C14H10BrNOS/c1-8-2-5-13(18-8)14(17)11-7-16-12-6-9(15)3-4-10(11)12/h2-7,16H,1H3. The molecule has 3 aromatic rings. The zero-order valence-electron chi connectivity index (χ0n) is 9.66. The van der Waals surface area contributed by atoms with Gasteiger partial charge in [-0.3, -0.25) is 4.79 Å². The van der Waals surface area contributed by atoms with Gasteiger partial charge in [-0.15, -0.1) is 11.3 Å². The van der Waals surface area contributed by atoms with E-state index in [-0.39, 0.29) is 5.78 Å². The predicted octanol–water partition coefficient (Wildman–Crippen LogP) is 4.53. The number of carbonyl (C=O) groups is 1. The first-order valence-corrected chi connectivity index (χ1v) is 7.14. The van der Waals surface area contributed by atoms with Gasteiger partial charge in [0.1, 0.15) is 0 Å². The molecular weight excluding hydrogens is 310 g/mol. The van der Waals surface area contributed by atoms with Crippen LogP contribution in [-0.4, -0.2) is 10.8 Å². The molecule has 0 saturated carbocycles. The molecule has 0 spiro atoms. The van der Waals surface area contributed by atoms with Gasteiger partial charge in [0.05, 0.1) is 4.88 Å². The average Bonchev–Trinajstić information content (AvgIpc) is 2.94. The number of ketones is 1. The number of hydrogen-bond donors (Lipinski definition) is 1. The molecule has 0 aliphatic rings. The van der Waals surface area contributed by atoms with Crippen LogP contribution in [0.4, 0.5) is 0 Å². The topological polar surface area (TPSA) is 32.9 Å². The van der Waals surface area contributed by atoms with Crippen molar-refractivity contribution in [3.05, 3.63) is 56.3 Å². The molecule has 4 heteroatoms. The molecule has 0 aliphatic carbocycles. The molecule has 3 rings (SSSR count). The number of aromatic amines is 1. The molecule has 0 atom stereocenters. The summed E-state index contributed by atoms with van der Waals surface area (Å²) in [7, 11) is 0. The molecule has 1 N–H and O–H groups in total. The summed E-state index contributed by atoms with van der Waals surface area (Å²) in [6.45, 7) is 2.01. The number of thiophene rings is 1. The Labute approximate surface area is 117 Å². The molecule has 2 aromatic heterocycles. The maximum Gasteiger partial charge on any atom is 0.205 e. The van der Waals surface area contributed by atoms with Gasteiger partial charge in [0.25, 0.3) is 0 Å². The van der Waals surface area contributed by atoms with Gasteiger partial charge in [0, 0.05) is 32.0 Å². The molecule has 2 nitrogen and oxygen atoms in total. The lowest BCUT2D eigenvalue weighted by atomic mass is 10.1. The predicted molar refractivity (Wildman–Crippen MR) is 78.5 cm³/mol. The van der Waals surface area contributed by atoms with Crippen LogP contribution in [0.2, 0.25) is 0 Å². The lowest BCUT2D eigenvalue weighted by molar-refractivity contribution is 0.104. The summed E-state index contributed by atoms with van der Waals surface area (Å²) in [5.41, 5.74) is 1.71. The van der Waals surface area contributed by atoms with E-state index in [4.69, 9.17) is 0 Å². The molecule has 90 valence electrons. The second kappa shape index (κ2) is 4.37. The van der Waals surface area contributed by atoms with Crippen molar-refractivity contribution in [3.8, 4) is 0 Å². The fourth-order valence-electron chi connectivity index (χ4n) is 1.98. The summed E-state index contributed by atoms with van der Waals surface area (Å²) in [5, 5.41) is 0.967. The second-order valence-electron chi connectivity index (χ2n) is 4.13. The number of nitrogens with one attached hydrogen (secondary N) is 1. The van der Waals surface area contributed by atoms with Crippen LogP contribution < -0.4 is 0 Å². The average molecular weight is 320 g/mol. The third-order valence-electron chi connectivity index (χ3n) is 2.85. The van der Waals surface area contributed by atoms with Crippen molar-refractivity contribution in [2.45, 2.75) is 6.92 Å². The lowest BCUT2D eigenvalue weighted by Crippen LogP contribution is -1.96. The Hall–Kier alpha value is -1.39. The van der Waals surface area contributed by atoms with Gasteiger partial charge in [0.2, 0.25) is 5.78 Å². The van der Waals surface area contributed by atoms with Gasteiger partial charge in [-0.05, 0) is 31.2 Å². The van der Waals surface area contributed by atoms with Crippen molar-refractivity contribution in [1.29, 1.82) is 0 Å². The first kappa shape index (κ1) is 11.7. The van der Waals surface area contributed by atoms with Gasteiger partial charge in [-0.2, -0.15) is 0 Å². The van der Waals surface area contributed by atoms with Crippen LogP contribution in [0.25, 0.3) is 10.9 Å². The van der Waals surface area contributed by atoms with Gasteiger partial charge in [0.15, 0.2) is 0 Å². The highest BCUT2D eigenvalue weighted by atomic mass is 79.9. The highest BCUT2D eigenvalue weighted by molar-refractivity contribution is 9.10. The van der Waals surface area contributed by atoms with E-state index in [1.54, 1.807) is 6.20 Å². The number of carbonyl (C=O) groups excluding carboxylic acids is 1. The van der Waals surface area contributed by atoms with E-state index >= 15 is 0 Å². The van der Waals surface area contributed by atoms with Crippen molar-refractivity contribution in [3.63, 3.8) is 0 Å². The molecule has 2 heterocycles. The number of fused-ring (bicyclic) bond motifs is 1. The molecule has 1 aromatic carbocycles. The van der Waals surface area contributed by atoms with Crippen LogP contribution in [-0.2, 0) is 0 Å². The minimum atomic E-state index is 0.0849. The summed E-state index contributed by atoms with van der Waals surface area (Å²) in [6.07, 6.45) is 1.79. The quantitative estimate of drug-likeness (QED) is 0.691. The maximum atomic E-state index is 12.4. The third-order valence-corrected chi connectivity index (χ3v) is 4.35. The molecule has 18 heavy (non-hydrogen) atoms. The fraction of sp³-hybridized carbons (Fsp3) is 0.0714. The van der Waals surface area contributed by atoms with Gasteiger partial charge in [-0.1, -0.05) is 22.0 Å². The number of aromatic nitrogens is 1. The molecule has 0 saturated heterocycles. The number of benzene rings is 1. The Morgan fingerprint density at radius 1 is 1.28 bits per heavy atom. The molecular formula is C14H10BrNOS. The van der Waals surface area contributed by atoms with E-state index in [0.29, 0.717) is 0 Å². The minimum absolute atomic E-state index is 0.0849. The van der Waals surface area contributed by atoms with Gasteiger partial charge >= 0.3 is 0 Å². The summed E-state index contributed by atoms with van der Waals surface area (Å²) in [4.78, 5) is 17.5. The SMILES string of the molecule is Cc1ccc(C(=O)c2c[nH]c3cc(Br)ccc23)s1. The number of halogens is 1. The van der Waals surface area contributed by atoms with Crippen molar-refractivity contribution in [2.75, 3.05) is 0 Å². The van der Waals surface area contributed by atoms with E-state index in [1.807, 2.05) is 37.3 Å². The molecule has 0 fully saturated rings. The van der Waals surface area contributed by atoms with Crippen molar-refractivity contribution >= 4 is 44.0 Å². The number of aryl methyl sites for hydroxylation is 1. The maximum absolute atomic E-state index is 12.4. The van der Waals surface area contributed by atoms with Crippen LogP contribution in [0.15, 0.2) is 41.0 Å².